The number of nitrogens with two attached hydrogens (primary N) is 1. The second-order valence-corrected chi connectivity index (χ2v) is 4.34. The van der Waals surface area contributed by atoms with E-state index in [2.05, 4.69) is 44.6 Å². The summed E-state index contributed by atoms with van der Waals surface area (Å²) in [5, 5.41) is 0. The highest BCUT2D eigenvalue weighted by atomic mass is 79.9. The molecular weight excluding hydrogens is 256 g/mol. The highest BCUT2D eigenvalue weighted by Crippen LogP contribution is 2.25. The number of hydrogen-bond acceptors (Lipinski definition) is 4. The van der Waals surface area contributed by atoms with Gasteiger partial charge in [-0.2, -0.15) is 4.98 Å². The molecule has 0 unspecified atom stereocenters. The van der Waals surface area contributed by atoms with Gasteiger partial charge in [0, 0.05) is 19.3 Å². The molecule has 0 atom stereocenters. The number of nitrogens with zero attached hydrogens (tertiary/aromatic N) is 3. The van der Waals surface area contributed by atoms with Crippen molar-refractivity contribution in [3.05, 3.63) is 10.7 Å². The lowest BCUT2D eigenvalue weighted by Crippen LogP contribution is -2.31. The van der Waals surface area contributed by atoms with Gasteiger partial charge in [0.1, 0.15) is 5.82 Å². The van der Waals surface area contributed by atoms with Crippen LogP contribution in [-0.4, -0.2) is 23.1 Å². The number of anilines is 2. The first-order valence-electron chi connectivity index (χ1n) is 5.11. The molecule has 0 saturated carbocycles. The van der Waals surface area contributed by atoms with Crippen LogP contribution in [0.2, 0.25) is 0 Å². The minimum absolute atomic E-state index is 0.311. The molecule has 2 N–H and O–H groups in total. The minimum Gasteiger partial charge on any atom is -0.368 e. The lowest BCUT2D eigenvalue weighted by atomic mass is 10.1. The van der Waals surface area contributed by atoms with Gasteiger partial charge >= 0.3 is 0 Å². The summed E-state index contributed by atoms with van der Waals surface area (Å²) in [6.07, 6.45) is 3.86. The predicted molar refractivity (Wildman–Crippen MR) is 66.9 cm³/mol. The van der Waals surface area contributed by atoms with Gasteiger partial charge in [-0.1, -0.05) is 13.8 Å². The normalized spacial score (nSPS) is 10.7. The zero-order chi connectivity index (χ0) is 11.4. The molecule has 0 amide bonds. The van der Waals surface area contributed by atoms with Crippen molar-refractivity contribution in [2.75, 3.05) is 17.7 Å². The molecule has 4 nitrogen and oxygen atoms in total. The molecule has 1 aromatic heterocycles. The van der Waals surface area contributed by atoms with E-state index in [4.69, 9.17) is 5.73 Å². The van der Waals surface area contributed by atoms with Crippen molar-refractivity contribution in [1.29, 1.82) is 0 Å². The second kappa shape index (κ2) is 5.30. The lowest BCUT2D eigenvalue weighted by molar-refractivity contribution is 0.586. The maximum absolute atomic E-state index is 5.58. The highest BCUT2D eigenvalue weighted by molar-refractivity contribution is 9.10. The van der Waals surface area contributed by atoms with Crippen molar-refractivity contribution in [1.82, 2.24) is 9.97 Å². The maximum Gasteiger partial charge on any atom is 0.222 e. The fourth-order valence-corrected chi connectivity index (χ4v) is 2.10. The Morgan fingerprint density at radius 3 is 2.60 bits per heavy atom. The van der Waals surface area contributed by atoms with Crippen LogP contribution in [0, 0.1) is 0 Å². The molecule has 1 aromatic rings. The molecule has 5 heteroatoms. The molecule has 1 heterocycles. The molecule has 0 aromatic carbocycles. The maximum atomic E-state index is 5.58. The van der Waals surface area contributed by atoms with Crippen LogP contribution in [-0.2, 0) is 0 Å². The molecule has 1 rings (SSSR count). The van der Waals surface area contributed by atoms with E-state index in [1.807, 2.05) is 7.05 Å². The van der Waals surface area contributed by atoms with Gasteiger partial charge in [0.25, 0.3) is 0 Å². The molecule has 0 spiro atoms. The van der Waals surface area contributed by atoms with E-state index in [-0.39, 0.29) is 0 Å². The first kappa shape index (κ1) is 12.2. The molecule has 0 bridgehead atoms. The van der Waals surface area contributed by atoms with Gasteiger partial charge in [-0.3, -0.25) is 0 Å². The third kappa shape index (κ3) is 2.81. The molecule has 0 aliphatic heterocycles. The Labute approximate surface area is 99.0 Å². The Morgan fingerprint density at radius 1 is 1.47 bits per heavy atom. The van der Waals surface area contributed by atoms with E-state index in [0.29, 0.717) is 12.0 Å². The van der Waals surface area contributed by atoms with Gasteiger partial charge in [0.15, 0.2) is 0 Å². The van der Waals surface area contributed by atoms with E-state index in [0.717, 1.165) is 23.1 Å². The zero-order valence-electron chi connectivity index (χ0n) is 9.37. The van der Waals surface area contributed by atoms with Crippen LogP contribution in [0.4, 0.5) is 11.8 Å². The van der Waals surface area contributed by atoms with Crippen LogP contribution >= 0.6 is 15.9 Å². The summed E-state index contributed by atoms with van der Waals surface area (Å²) in [5.74, 6) is 1.17. The van der Waals surface area contributed by atoms with Gasteiger partial charge in [0.2, 0.25) is 5.95 Å². The third-order valence-electron chi connectivity index (χ3n) is 2.57. The summed E-state index contributed by atoms with van der Waals surface area (Å²) >= 11 is 3.44. The number of aromatic nitrogens is 2. The Balaban J connectivity index is 2.98. The average Bonchev–Trinajstić information content (AvgIpc) is 2.23. The monoisotopic (exact) mass is 272 g/mol. The van der Waals surface area contributed by atoms with Gasteiger partial charge in [0.05, 0.1) is 4.47 Å². The number of hydrogen-bond donors (Lipinski definition) is 1. The topological polar surface area (TPSA) is 55.0 Å². The molecule has 0 aliphatic rings. The van der Waals surface area contributed by atoms with Gasteiger partial charge < -0.3 is 10.6 Å². The summed E-state index contributed by atoms with van der Waals surface area (Å²) < 4.78 is 0.881. The third-order valence-corrected chi connectivity index (χ3v) is 3.13. The highest BCUT2D eigenvalue weighted by Gasteiger charge is 2.15. The number of rotatable bonds is 4. The van der Waals surface area contributed by atoms with Crippen LogP contribution in [0.5, 0.6) is 0 Å². The van der Waals surface area contributed by atoms with E-state index >= 15 is 0 Å². The van der Waals surface area contributed by atoms with Crippen LogP contribution in [0.25, 0.3) is 0 Å². The van der Waals surface area contributed by atoms with Crippen molar-refractivity contribution in [3.63, 3.8) is 0 Å². The fourth-order valence-electron chi connectivity index (χ4n) is 1.63. The molecule has 84 valence electrons. The van der Waals surface area contributed by atoms with Crippen molar-refractivity contribution in [2.24, 2.45) is 0 Å². The van der Waals surface area contributed by atoms with Crippen LogP contribution in [0.15, 0.2) is 10.7 Å². The van der Waals surface area contributed by atoms with Gasteiger partial charge in [-0.05, 0) is 28.8 Å². The number of nitrogen functional groups attached to an aromatic ring is 1. The molecule has 15 heavy (non-hydrogen) atoms. The Morgan fingerprint density at radius 2 is 2.07 bits per heavy atom. The summed E-state index contributed by atoms with van der Waals surface area (Å²) in [5.41, 5.74) is 5.58. The van der Waals surface area contributed by atoms with Gasteiger partial charge in [-0.15, -0.1) is 0 Å². The summed E-state index contributed by atoms with van der Waals surface area (Å²) in [7, 11) is 2.03. The average molecular weight is 273 g/mol. The van der Waals surface area contributed by atoms with E-state index in [1.165, 1.54) is 0 Å². The van der Waals surface area contributed by atoms with Crippen molar-refractivity contribution in [2.45, 2.75) is 32.7 Å². The Hall–Kier alpha value is -0.840. The molecule has 0 aliphatic carbocycles. The fraction of sp³-hybridized carbons (Fsp3) is 0.600. The molecule has 0 fully saturated rings. The van der Waals surface area contributed by atoms with Crippen molar-refractivity contribution < 1.29 is 0 Å². The smallest absolute Gasteiger partial charge is 0.222 e. The largest absolute Gasteiger partial charge is 0.368 e. The summed E-state index contributed by atoms with van der Waals surface area (Å²) in [6, 6.07) is 0.482. The predicted octanol–water partition coefficient (Wildman–Crippen LogP) is 2.45. The standard InChI is InChI=1S/C10H17BrN4/c1-4-7(5-2)15(3)9-8(11)6-13-10(12)14-9/h6-7H,4-5H2,1-3H3,(H2,12,13,14). The first-order chi connectivity index (χ1) is 7.10. The quantitative estimate of drug-likeness (QED) is 0.915. The summed E-state index contributed by atoms with van der Waals surface area (Å²) in [4.78, 5) is 10.3. The molecule has 0 saturated heterocycles. The van der Waals surface area contributed by atoms with Crippen LogP contribution in [0.3, 0.4) is 0 Å². The van der Waals surface area contributed by atoms with Crippen molar-refractivity contribution in [3.8, 4) is 0 Å². The Bertz CT molecular complexity index is 325. The first-order valence-corrected chi connectivity index (χ1v) is 5.90. The molecular formula is C10H17BrN4. The second-order valence-electron chi connectivity index (χ2n) is 3.48. The van der Waals surface area contributed by atoms with E-state index < -0.39 is 0 Å². The van der Waals surface area contributed by atoms with E-state index in [1.54, 1.807) is 6.20 Å². The van der Waals surface area contributed by atoms with Crippen LogP contribution in [0.1, 0.15) is 26.7 Å². The molecule has 0 radical (unpaired) electrons. The minimum atomic E-state index is 0.311. The SMILES string of the molecule is CCC(CC)N(C)c1nc(N)ncc1Br. The zero-order valence-corrected chi connectivity index (χ0v) is 11.0. The number of halogens is 1. The van der Waals surface area contributed by atoms with E-state index in [9.17, 15) is 0 Å². The Kier molecular flexibility index (Phi) is 4.32. The lowest BCUT2D eigenvalue weighted by Gasteiger charge is -2.27. The van der Waals surface area contributed by atoms with Crippen LogP contribution < -0.4 is 10.6 Å². The summed E-state index contributed by atoms with van der Waals surface area (Å²) in [6.45, 7) is 4.34. The van der Waals surface area contributed by atoms with Crippen molar-refractivity contribution >= 4 is 27.7 Å². The van der Waals surface area contributed by atoms with Gasteiger partial charge in [-0.25, -0.2) is 4.98 Å².